The van der Waals surface area contributed by atoms with E-state index in [4.69, 9.17) is 4.74 Å². The number of amides is 1. The summed E-state index contributed by atoms with van der Waals surface area (Å²) in [5.41, 5.74) is 0. The number of nitrogens with one attached hydrogen (secondary N) is 1. The highest BCUT2D eigenvalue weighted by molar-refractivity contribution is 5.77. The van der Waals surface area contributed by atoms with E-state index >= 15 is 0 Å². The first-order valence-electron chi connectivity index (χ1n) is 27.1. The molecule has 0 spiro atoms. The number of aliphatic hydroxyl groups is 2. The van der Waals surface area contributed by atoms with Crippen molar-refractivity contribution in [2.45, 2.75) is 257 Å². The number of ether oxygens (including phenoxy) is 1. The van der Waals surface area contributed by atoms with Crippen molar-refractivity contribution in [3.05, 3.63) is 97.2 Å². The molecule has 0 heterocycles. The van der Waals surface area contributed by atoms with Crippen molar-refractivity contribution in [2.75, 3.05) is 6.61 Å². The predicted octanol–water partition coefficient (Wildman–Crippen LogP) is 16.5. The van der Waals surface area contributed by atoms with Gasteiger partial charge in [0.05, 0.1) is 25.2 Å². The molecule has 0 aliphatic heterocycles. The van der Waals surface area contributed by atoms with E-state index in [1.807, 2.05) is 54.7 Å². The molecule has 6 nitrogen and oxygen atoms in total. The molecule has 0 aromatic carbocycles. The van der Waals surface area contributed by atoms with Gasteiger partial charge in [-0.25, -0.2) is 0 Å². The fourth-order valence-corrected chi connectivity index (χ4v) is 7.75. The smallest absolute Gasteiger partial charge is 0.306 e. The number of hydrogen-bond acceptors (Lipinski definition) is 5. The second kappa shape index (κ2) is 51.8. The largest absolute Gasteiger partial charge is 0.461 e. The number of carbonyl (C=O) groups is 2. The Morgan fingerprint density at radius 1 is 0.477 bits per heavy atom. The van der Waals surface area contributed by atoms with Crippen LogP contribution < -0.4 is 5.32 Å². The molecule has 3 atom stereocenters. The van der Waals surface area contributed by atoms with Crippen LogP contribution in [0.5, 0.6) is 0 Å². The molecular weight excluding hydrogens is 803 g/mol. The van der Waals surface area contributed by atoms with Crippen molar-refractivity contribution in [1.82, 2.24) is 5.32 Å². The van der Waals surface area contributed by atoms with Crippen LogP contribution in [-0.2, 0) is 14.3 Å². The molecule has 0 aromatic rings. The van der Waals surface area contributed by atoms with Crippen molar-refractivity contribution in [3.63, 3.8) is 0 Å². The molecule has 0 aliphatic carbocycles. The molecule has 1 amide bonds. The summed E-state index contributed by atoms with van der Waals surface area (Å²) >= 11 is 0. The van der Waals surface area contributed by atoms with Crippen molar-refractivity contribution >= 4 is 11.9 Å². The molecule has 0 radical (unpaired) electrons. The number of unbranched alkanes of at least 4 members (excludes halogenated alkanes) is 26. The number of hydrogen-bond donors (Lipinski definition) is 3. The van der Waals surface area contributed by atoms with E-state index < -0.39 is 18.2 Å². The first kappa shape index (κ1) is 61.8. The third-order valence-electron chi connectivity index (χ3n) is 11.8. The van der Waals surface area contributed by atoms with Gasteiger partial charge in [-0.1, -0.05) is 272 Å². The average Bonchev–Trinajstić information content (AvgIpc) is 3.30. The molecule has 0 saturated heterocycles. The summed E-state index contributed by atoms with van der Waals surface area (Å²) in [7, 11) is 0. The third kappa shape index (κ3) is 47.1. The number of aliphatic hydroxyl groups excluding tert-OH is 2. The first-order chi connectivity index (χ1) is 32.0. The highest BCUT2D eigenvalue weighted by atomic mass is 16.5. The summed E-state index contributed by atoms with van der Waals surface area (Å²) in [5, 5.41) is 23.7. The molecule has 6 heteroatoms. The van der Waals surface area contributed by atoms with Crippen LogP contribution in [0.1, 0.15) is 239 Å². The Kier molecular flexibility index (Phi) is 49.2. The molecule has 0 bridgehead atoms. The minimum Gasteiger partial charge on any atom is -0.461 e. The zero-order valence-corrected chi connectivity index (χ0v) is 42.3. The lowest BCUT2D eigenvalue weighted by Crippen LogP contribution is -2.46. The maximum Gasteiger partial charge on any atom is 0.306 e. The highest BCUT2D eigenvalue weighted by Crippen LogP contribution is 2.17. The molecule has 0 aromatic heterocycles. The normalized spacial score (nSPS) is 14.0. The summed E-state index contributed by atoms with van der Waals surface area (Å²) in [6, 6.07) is -0.750. The van der Waals surface area contributed by atoms with Crippen LogP contribution >= 0.6 is 0 Å². The molecule has 0 rings (SSSR count). The Balaban J connectivity index is 4.62. The molecule has 0 fully saturated rings. The number of carbonyl (C=O) groups excluding carboxylic acids is 2. The molecule has 3 N–H and O–H groups in total. The monoisotopic (exact) mass is 904 g/mol. The molecular formula is C59H101NO5. The summed E-state index contributed by atoms with van der Waals surface area (Å²) in [6.45, 7) is 6.29. The quantitative estimate of drug-likeness (QED) is 0.0321. The van der Waals surface area contributed by atoms with Gasteiger partial charge in [-0.15, -0.1) is 0 Å². The fourth-order valence-electron chi connectivity index (χ4n) is 7.75. The first-order valence-corrected chi connectivity index (χ1v) is 27.1. The van der Waals surface area contributed by atoms with Gasteiger partial charge in [-0.2, -0.15) is 0 Å². The summed E-state index contributed by atoms with van der Waals surface area (Å²) < 4.78 is 5.84. The number of esters is 1. The molecule has 372 valence electrons. The number of rotatable bonds is 47. The zero-order chi connectivity index (χ0) is 47.4. The van der Waals surface area contributed by atoms with Gasteiger partial charge in [-0.05, 0) is 44.9 Å². The zero-order valence-electron chi connectivity index (χ0n) is 42.3. The second-order valence-electron chi connectivity index (χ2n) is 18.1. The third-order valence-corrected chi connectivity index (χ3v) is 11.8. The lowest BCUT2D eigenvalue weighted by molar-refractivity contribution is -0.150. The lowest BCUT2D eigenvalue weighted by Gasteiger charge is -2.24. The van der Waals surface area contributed by atoms with Crippen LogP contribution in [0.2, 0.25) is 0 Å². The van der Waals surface area contributed by atoms with Crippen molar-refractivity contribution in [1.29, 1.82) is 0 Å². The van der Waals surface area contributed by atoms with Crippen LogP contribution in [0, 0.1) is 0 Å². The summed E-state index contributed by atoms with van der Waals surface area (Å²) in [4.78, 5) is 26.1. The Morgan fingerprint density at radius 3 is 1.31 bits per heavy atom. The summed E-state index contributed by atoms with van der Waals surface area (Å²) in [6.07, 6.45) is 69.2. The molecule has 0 saturated carbocycles. The van der Waals surface area contributed by atoms with Crippen molar-refractivity contribution in [3.8, 4) is 0 Å². The van der Waals surface area contributed by atoms with E-state index in [0.29, 0.717) is 19.3 Å². The SMILES string of the molecule is CC/C=C/C=C/C=C\C=C/C=C/CC(CC(=O)NC(CO)C(O)CCCCCCCCCCCCCCCCCCC)OC(=O)CCCCCCC/C=C/C=C/C=C/CCCCCCC. The van der Waals surface area contributed by atoms with Gasteiger partial charge < -0.3 is 20.3 Å². The average molecular weight is 904 g/mol. The highest BCUT2D eigenvalue weighted by Gasteiger charge is 2.23. The second-order valence-corrected chi connectivity index (χ2v) is 18.1. The van der Waals surface area contributed by atoms with Gasteiger partial charge in [0.25, 0.3) is 0 Å². The Morgan fingerprint density at radius 2 is 0.862 bits per heavy atom. The van der Waals surface area contributed by atoms with Crippen LogP contribution in [0.3, 0.4) is 0 Å². The van der Waals surface area contributed by atoms with Crippen LogP contribution in [0.4, 0.5) is 0 Å². The molecule has 65 heavy (non-hydrogen) atoms. The Hall–Kier alpha value is -3.22. The topological polar surface area (TPSA) is 95.9 Å². The number of allylic oxidation sites excluding steroid dienone is 15. The van der Waals surface area contributed by atoms with E-state index in [2.05, 4.69) is 68.6 Å². The van der Waals surface area contributed by atoms with Gasteiger partial charge in [-0.3, -0.25) is 9.59 Å². The Bertz CT molecular complexity index is 1290. The lowest BCUT2D eigenvalue weighted by atomic mass is 10.0. The van der Waals surface area contributed by atoms with Gasteiger partial charge >= 0.3 is 5.97 Å². The van der Waals surface area contributed by atoms with E-state index in [0.717, 1.165) is 70.6 Å². The van der Waals surface area contributed by atoms with Gasteiger partial charge in [0.2, 0.25) is 5.91 Å². The van der Waals surface area contributed by atoms with Gasteiger partial charge in [0, 0.05) is 12.8 Å². The van der Waals surface area contributed by atoms with Gasteiger partial charge in [0.1, 0.15) is 6.10 Å². The van der Waals surface area contributed by atoms with Crippen molar-refractivity contribution in [2.24, 2.45) is 0 Å². The minimum absolute atomic E-state index is 0.0315. The van der Waals surface area contributed by atoms with Crippen LogP contribution in [-0.4, -0.2) is 46.9 Å². The maximum atomic E-state index is 13.2. The predicted molar refractivity (Wildman–Crippen MR) is 282 cm³/mol. The Labute approximate surface area is 401 Å². The van der Waals surface area contributed by atoms with E-state index in [-0.39, 0.29) is 24.9 Å². The van der Waals surface area contributed by atoms with Crippen molar-refractivity contribution < 1.29 is 24.5 Å². The minimum atomic E-state index is -0.827. The summed E-state index contributed by atoms with van der Waals surface area (Å²) in [5.74, 6) is -0.635. The van der Waals surface area contributed by atoms with Crippen LogP contribution in [0.15, 0.2) is 97.2 Å². The molecule has 3 unspecified atom stereocenters. The van der Waals surface area contributed by atoms with Crippen LogP contribution in [0.25, 0.3) is 0 Å². The van der Waals surface area contributed by atoms with E-state index in [9.17, 15) is 19.8 Å². The molecule has 0 aliphatic rings. The van der Waals surface area contributed by atoms with Gasteiger partial charge in [0.15, 0.2) is 0 Å². The standard InChI is InChI=1S/C59H101NO5/c1-4-7-10-13-16-19-22-24-26-28-30-32-34-37-40-43-46-49-52-59(64)65-55(50-47-44-41-38-35-21-18-15-12-9-6-3)53-58(63)60-56(54-61)57(62)51-48-45-42-39-36-33-31-29-27-25-23-20-17-14-11-8-5-2/h9,12,15,18,21-22,24,26,28,30,32,35,38,41,44,47,55-57,61-62H,4-8,10-11,13-14,16-17,19-20,23,25,27,29,31,33-34,36-37,39-40,42-43,45-46,48-54H2,1-3H3,(H,60,63)/b12-9+,18-15+,24-22+,28-26+,32-30+,35-21-,41-38-,47-44+. The van der Waals surface area contributed by atoms with E-state index in [1.54, 1.807) is 0 Å². The maximum absolute atomic E-state index is 13.2. The van der Waals surface area contributed by atoms with E-state index in [1.165, 1.54) is 122 Å². The fraction of sp³-hybridized carbons (Fsp3) is 0.695.